The Kier molecular flexibility index (Phi) is 5.93. The number of hydrogen-bond acceptors (Lipinski definition) is 3. The van der Waals surface area contributed by atoms with E-state index in [0.717, 1.165) is 12.5 Å². The molecular formula is C15H31N3. The first-order valence-electron chi connectivity index (χ1n) is 7.92. The third-order valence-electron chi connectivity index (χ3n) is 4.77. The molecule has 2 fully saturated rings. The molecule has 0 aromatic carbocycles. The average molecular weight is 253 g/mol. The maximum atomic E-state index is 6.38. The van der Waals surface area contributed by atoms with Crippen LogP contribution >= 0.6 is 0 Å². The molecule has 1 saturated carbocycles. The van der Waals surface area contributed by atoms with Crippen LogP contribution in [0, 0.1) is 5.92 Å². The lowest BCUT2D eigenvalue weighted by Gasteiger charge is -2.31. The Balaban J connectivity index is 1.61. The van der Waals surface area contributed by atoms with Gasteiger partial charge < -0.3 is 15.5 Å². The minimum Gasteiger partial charge on any atom is -0.326 e. The van der Waals surface area contributed by atoms with E-state index in [0.29, 0.717) is 6.04 Å². The summed E-state index contributed by atoms with van der Waals surface area (Å²) in [5.41, 5.74) is 6.38. The highest BCUT2D eigenvalue weighted by molar-refractivity contribution is 4.79. The van der Waals surface area contributed by atoms with Gasteiger partial charge in [-0.3, -0.25) is 0 Å². The molecule has 3 nitrogen and oxygen atoms in total. The number of nitrogens with two attached hydrogens (primary N) is 1. The lowest BCUT2D eigenvalue weighted by Crippen LogP contribution is -2.43. The zero-order valence-electron chi connectivity index (χ0n) is 12.1. The lowest BCUT2D eigenvalue weighted by molar-refractivity contribution is 0.211. The Morgan fingerprint density at radius 2 is 1.78 bits per heavy atom. The van der Waals surface area contributed by atoms with Crippen LogP contribution in [0.25, 0.3) is 0 Å². The van der Waals surface area contributed by atoms with Crippen molar-refractivity contribution in [3.63, 3.8) is 0 Å². The minimum atomic E-state index is 0.397. The summed E-state index contributed by atoms with van der Waals surface area (Å²) in [6.07, 6.45) is 9.73. The summed E-state index contributed by atoms with van der Waals surface area (Å²) in [5, 5.41) is 0. The standard InChI is InChI=1S/C15H31N3/c1-17(11-12-18-9-5-6-10-18)13-15(16)14-7-3-2-4-8-14/h14-15H,2-13,16H2,1H3. The summed E-state index contributed by atoms with van der Waals surface area (Å²) in [6, 6.07) is 0.397. The van der Waals surface area contributed by atoms with Gasteiger partial charge >= 0.3 is 0 Å². The Hall–Kier alpha value is -0.120. The molecule has 106 valence electrons. The van der Waals surface area contributed by atoms with Crippen molar-refractivity contribution in [3.05, 3.63) is 0 Å². The molecule has 0 amide bonds. The fourth-order valence-electron chi connectivity index (χ4n) is 3.48. The third-order valence-corrected chi connectivity index (χ3v) is 4.77. The van der Waals surface area contributed by atoms with Gasteiger partial charge in [0, 0.05) is 25.7 Å². The van der Waals surface area contributed by atoms with Crippen molar-refractivity contribution in [1.82, 2.24) is 9.80 Å². The summed E-state index contributed by atoms with van der Waals surface area (Å²) >= 11 is 0. The predicted molar refractivity (Wildman–Crippen MR) is 77.7 cm³/mol. The molecule has 0 aromatic heterocycles. The van der Waals surface area contributed by atoms with Gasteiger partial charge in [-0.05, 0) is 51.7 Å². The van der Waals surface area contributed by atoms with E-state index in [9.17, 15) is 0 Å². The highest BCUT2D eigenvalue weighted by atomic mass is 15.2. The zero-order valence-corrected chi connectivity index (χ0v) is 12.1. The van der Waals surface area contributed by atoms with E-state index < -0.39 is 0 Å². The Morgan fingerprint density at radius 1 is 1.11 bits per heavy atom. The number of nitrogens with zero attached hydrogens (tertiary/aromatic N) is 2. The minimum absolute atomic E-state index is 0.397. The molecule has 18 heavy (non-hydrogen) atoms. The number of likely N-dealkylation sites (tertiary alicyclic amines) is 1. The highest BCUT2D eigenvalue weighted by Crippen LogP contribution is 2.25. The quantitative estimate of drug-likeness (QED) is 0.785. The molecule has 0 bridgehead atoms. The van der Waals surface area contributed by atoms with E-state index >= 15 is 0 Å². The van der Waals surface area contributed by atoms with Crippen molar-refractivity contribution < 1.29 is 0 Å². The number of rotatable bonds is 6. The van der Waals surface area contributed by atoms with Gasteiger partial charge in [0.05, 0.1) is 0 Å². The predicted octanol–water partition coefficient (Wildman–Crippen LogP) is 1.92. The molecule has 1 aliphatic carbocycles. The maximum absolute atomic E-state index is 6.38. The van der Waals surface area contributed by atoms with Crippen molar-refractivity contribution >= 4 is 0 Å². The van der Waals surface area contributed by atoms with E-state index in [2.05, 4.69) is 16.8 Å². The van der Waals surface area contributed by atoms with E-state index in [4.69, 9.17) is 5.73 Å². The molecule has 0 aromatic rings. The Bertz CT molecular complexity index is 220. The number of hydrogen-bond donors (Lipinski definition) is 1. The summed E-state index contributed by atoms with van der Waals surface area (Å²) in [4.78, 5) is 5.03. The van der Waals surface area contributed by atoms with Crippen molar-refractivity contribution in [2.45, 2.75) is 51.0 Å². The third kappa shape index (κ3) is 4.52. The van der Waals surface area contributed by atoms with Gasteiger partial charge in [0.15, 0.2) is 0 Å². The van der Waals surface area contributed by atoms with E-state index in [-0.39, 0.29) is 0 Å². The molecule has 0 spiro atoms. The summed E-state index contributed by atoms with van der Waals surface area (Å²) < 4.78 is 0. The van der Waals surface area contributed by atoms with E-state index in [1.807, 2.05) is 0 Å². The first-order chi connectivity index (χ1) is 8.75. The molecule has 2 aliphatic rings. The molecule has 1 aliphatic heterocycles. The number of likely N-dealkylation sites (N-methyl/N-ethyl adjacent to an activating group) is 1. The second-order valence-electron chi connectivity index (χ2n) is 6.37. The van der Waals surface area contributed by atoms with Gasteiger partial charge in [0.25, 0.3) is 0 Å². The first kappa shape index (κ1) is 14.3. The fourth-order valence-corrected chi connectivity index (χ4v) is 3.48. The average Bonchev–Trinajstić information content (AvgIpc) is 2.90. The van der Waals surface area contributed by atoms with Crippen LogP contribution in [0.1, 0.15) is 44.9 Å². The van der Waals surface area contributed by atoms with Crippen LogP contribution < -0.4 is 5.73 Å². The van der Waals surface area contributed by atoms with Crippen LogP contribution in [0.3, 0.4) is 0 Å². The topological polar surface area (TPSA) is 32.5 Å². The van der Waals surface area contributed by atoms with Crippen LogP contribution in [-0.2, 0) is 0 Å². The van der Waals surface area contributed by atoms with Gasteiger partial charge in [-0.15, -0.1) is 0 Å². The summed E-state index contributed by atoms with van der Waals surface area (Å²) in [6.45, 7) is 6.11. The second-order valence-corrected chi connectivity index (χ2v) is 6.37. The van der Waals surface area contributed by atoms with Crippen LogP contribution in [-0.4, -0.2) is 55.6 Å². The van der Waals surface area contributed by atoms with Crippen molar-refractivity contribution in [1.29, 1.82) is 0 Å². The first-order valence-corrected chi connectivity index (χ1v) is 7.92. The molecular weight excluding hydrogens is 222 g/mol. The van der Waals surface area contributed by atoms with Crippen LogP contribution in [0.5, 0.6) is 0 Å². The molecule has 1 saturated heterocycles. The smallest absolute Gasteiger partial charge is 0.0196 e. The molecule has 0 radical (unpaired) electrons. The monoisotopic (exact) mass is 253 g/mol. The van der Waals surface area contributed by atoms with Gasteiger partial charge in [0.2, 0.25) is 0 Å². The molecule has 1 unspecified atom stereocenters. The maximum Gasteiger partial charge on any atom is 0.0196 e. The largest absolute Gasteiger partial charge is 0.326 e. The van der Waals surface area contributed by atoms with E-state index in [1.54, 1.807) is 0 Å². The molecule has 1 heterocycles. The van der Waals surface area contributed by atoms with Crippen LogP contribution in [0.15, 0.2) is 0 Å². The fraction of sp³-hybridized carbons (Fsp3) is 1.00. The van der Waals surface area contributed by atoms with Crippen molar-refractivity contribution in [2.24, 2.45) is 11.7 Å². The molecule has 3 heteroatoms. The molecule has 1 atom stereocenters. The van der Waals surface area contributed by atoms with Gasteiger partial charge in [-0.25, -0.2) is 0 Å². The highest BCUT2D eigenvalue weighted by Gasteiger charge is 2.21. The van der Waals surface area contributed by atoms with Crippen LogP contribution in [0.4, 0.5) is 0 Å². The second kappa shape index (κ2) is 7.46. The van der Waals surface area contributed by atoms with Gasteiger partial charge in [-0.2, -0.15) is 0 Å². The SMILES string of the molecule is CN(CCN1CCCC1)CC(N)C1CCCCC1. The Labute approximate surface area is 113 Å². The zero-order chi connectivity index (χ0) is 12.8. The summed E-state index contributed by atoms with van der Waals surface area (Å²) in [7, 11) is 2.23. The van der Waals surface area contributed by atoms with Gasteiger partial charge in [0.1, 0.15) is 0 Å². The normalized spacial score (nSPS) is 24.8. The van der Waals surface area contributed by atoms with E-state index in [1.165, 1.54) is 71.1 Å². The summed E-state index contributed by atoms with van der Waals surface area (Å²) in [5.74, 6) is 0.785. The van der Waals surface area contributed by atoms with Crippen molar-refractivity contribution in [2.75, 3.05) is 39.8 Å². The molecule has 2 N–H and O–H groups in total. The van der Waals surface area contributed by atoms with Crippen LogP contribution in [0.2, 0.25) is 0 Å². The molecule has 2 rings (SSSR count). The Morgan fingerprint density at radius 3 is 2.44 bits per heavy atom. The lowest BCUT2D eigenvalue weighted by atomic mass is 9.84. The van der Waals surface area contributed by atoms with Crippen molar-refractivity contribution in [3.8, 4) is 0 Å². The van der Waals surface area contributed by atoms with Gasteiger partial charge in [-0.1, -0.05) is 19.3 Å².